The monoisotopic (exact) mass is 740 g/mol. The summed E-state index contributed by atoms with van der Waals surface area (Å²) in [5.41, 5.74) is -0.411. The van der Waals surface area contributed by atoms with E-state index < -0.39 is 44.4 Å². The van der Waals surface area contributed by atoms with Crippen LogP contribution >= 0.6 is 14.0 Å². The molecule has 0 fully saturated rings. The van der Waals surface area contributed by atoms with Gasteiger partial charge in [0.15, 0.2) is 9.84 Å². The third-order valence-corrected chi connectivity index (χ3v) is 13.6. The van der Waals surface area contributed by atoms with E-state index in [4.69, 9.17) is 0 Å². The van der Waals surface area contributed by atoms with Crippen LogP contribution in [0.3, 0.4) is 0 Å². The molecule has 0 aromatic heterocycles. The van der Waals surface area contributed by atoms with Gasteiger partial charge in [0, 0.05) is 0 Å². The first-order chi connectivity index (χ1) is 16.2. The van der Waals surface area contributed by atoms with Gasteiger partial charge in [0.05, 0.1) is 10.6 Å². The Morgan fingerprint density at radius 2 is 0.973 bits per heavy atom. The number of benzene rings is 2. The van der Waals surface area contributed by atoms with Gasteiger partial charge in [-0.1, -0.05) is 39.0 Å². The van der Waals surface area contributed by atoms with E-state index in [1.165, 1.54) is 0 Å². The van der Waals surface area contributed by atoms with Crippen LogP contribution in [-0.2, 0) is 19.7 Å². The van der Waals surface area contributed by atoms with Crippen molar-refractivity contribution in [3.63, 3.8) is 0 Å². The molecule has 0 amide bonds. The Labute approximate surface area is 240 Å². The van der Waals surface area contributed by atoms with Gasteiger partial charge < -0.3 is 0 Å². The van der Waals surface area contributed by atoms with Crippen LogP contribution in [0, 0.1) is 10.8 Å². The molecule has 0 heterocycles. The van der Waals surface area contributed by atoms with Crippen molar-refractivity contribution in [2.45, 2.75) is 85.9 Å². The molecule has 0 N–H and O–H groups in total. The minimum absolute atomic E-state index is 0.185. The van der Waals surface area contributed by atoms with Crippen LogP contribution in [0.1, 0.15) is 41.5 Å². The zero-order valence-corrected chi connectivity index (χ0v) is 32.4. The molecule has 0 spiro atoms. The SMILES string of the molecule is CC(C)(C)CS(=O)(=O)c1cccc[c]1[Ge]([CH3])([CH3])[CH3].CC(C)(C)CS(=O)(=O)c1ccccc1.[CH3][Ge]([CH3])([CH3])[Br]. The first-order valence-corrected chi connectivity index (χ1v) is 34.4. The van der Waals surface area contributed by atoms with E-state index in [-0.39, 0.29) is 22.3 Å². The molecule has 2 aromatic rings. The van der Waals surface area contributed by atoms with Crippen molar-refractivity contribution in [2.24, 2.45) is 10.8 Å². The van der Waals surface area contributed by atoms with Crippen LogP contribution < -0.4 is 4.40 Å². The predicted octanol–water partition coefficient (Wildman–Crippen LogP) is 7.77. The summed E-state index contributed by atoms with van der Waals surface area (Å²) in [5.74, 6) is 13.9. The van der Waals surface area contributed by atoms with Gasteiger partial charge in [-0.2, -0.15) is 0 Å². The summed E-state index contributed by atoms with van der Waals surface area (Å²) in [7, 11) is -6.30. The molecular weight excluding hydrogens is 690 g/mol. The number of hydrogen-bond acceptors (Lipinski definition) is 4. The summed E-state index contributed by atoms with van der Waals surface area (Å²) in [5, 5.41) is 0. The fourth-order valence-corrected chi connectivity index (χ4v) is 12.7. The Hall–Kier alpha value is -0.0943. The Bertz CT molecular complexity index is 1180. The molecule has 0 aliphatic rings. The van der Waals surface area contributed by atoms with Gasteiger partial charge in [-0.3, -0.25) is 0 Å². The molecule has 9 heteroatoms. The molecule has 0 aliphatic heterocycles. The maximum atomic E-state index is 12.5. The van der Waals surface area contributed by atoms with Crippen molar-refractivity contribution in [2.75, 3.05) is 11.5 Å². The van der Waals surface area contributed by atoms with Crippen molar-refractivity contribution < 1.29 is 16.8 Å². The predicted molar refractivity (Wildman–Crippen MR) is 171 cm³/mol. The molecule has 0 saturated heterocycles. The van der Waals surface area contributed by atoms with Gasteiger partial charge in [0.1, 0.15) is 0 Å². The number of sulfone groups is 2. The van der Waals surface area contributed by atoms with Gasteiger partial charge >= 0.3 is 157 Å². The molecule has 2 aromatic carbocycles. The fraction of sp³-hybridized carbons (Fsp3) is 0.571. The van der Waals surface area contributed by atoms with E-state index in [1.807, 2.05) is 65.8 Å². The fourth-order valence-electron chi connectivity index (χ4n) is 3.29. The average Bonchev–Trinajstić information content (AvgIpc) is 2.64. The third kappa shape index (κ3) is 17.3. The average molecular weight is 739 g/mol. The van der Waals surface area contributed by atoms with E-state index in [2.05, 4.69) is 48.5 Å². The van der Waals surface area contributed by atoms with Crippen LogP contribution in [0.25, 0.3) is 0 Å². The molecule has 0 unspecified atom stereocenters. The summed E-state index contributed by atoms with van der Waals surface area (Å²) in [6.45, 7) is 11.7. The van der Waals surface area contributed by atoms with E-state index in [1.54, 1.807) is 30.3 Å². The number of rotatable bonds is 5. The first kappa shape index (κ1) is 36.9. The van der Waals surface area contributed by atoms with Gasteiger partial charge in [-0.05, 0) is 17.5 Å². The molecule has 0 bridgehead atoms. The molecule has 37 heavy (non-hydrogen) atoms. The molecule has 2 rings (SSSR count). The van der Waals surface area contributed by atoms with E-state index in [0.29, 0.717) is 9.79 Å². The summed E-state index contributed by atoms with van der Waals surface area (Å²) in [6, 6.07) is 16.1. The maximum absolute atomic E-state index is 12.5. The number of hydrogen-bond donors (Lipinski definition) is 0. The normalized spacial score (nSPS) is 13.1. The van der Waals surface area contributed by atoms with Crippen molar-refractivity contribution in [1.82, 2.24) is 0 Å². The summed E-state index contributed by atoms with van der Waals surface area (Å²) in [4.78, 5) is 0.974. The topological polar surface area (TPSA) is 68.3 Å². The molecular formula is C28H49BrGe2O4S2. The Balaban J connectivity index is 0.000000605. The van der Waals surface area contributed by atoms with Crippen molar-refractivity contribution in [3.05, 3.63) is 54.6 Å². The van der Waals surface area contributed by atoms with Crippen molar-refractivity contribution >= 4 is 62.8 Å². The molecule has 212 valence electrons. The molecule has 0 atom stereocenters. The molecule has 0 radical (unpaired) electrons. The van der Waals surface area contributed by atoms with Crippen LogP contribution in [0.5, 0.6) is 0 Å². The quantitative estimate of drug-likeness (QED) is 0.294. The summed E-state index contributed by atoms with van der Waals surface area (Å²) < 4.78 is 49.9. The van der Waals surface area contributed by atoms with Crippen LogP contribution in [0.4, 0.5) is 0 Å². The Kier molecular flexibility index (Phi) is 14.0. The number of halogens is 1. The summed E-state index contributed by atoms with van der Waals surface area (Å²) >= 11 is 0.216. The van der Waals surface area contributed by atoms with Gasteiger partial charge in [-0.15, -0.1) is 0 Å². The van der Waals surface area contributed by atoms with E-state index in [0.717, 1.165) is 4.40 Å². The Morgan fingerprint density at radius 3 is 1.35 bits per heavy atom. The van der Waals surface area contributed by atoms with Crippen LogP contribution in [0.2, 0.25) is 34.5 Å². The van der Waals surface area contributed by atoms with Crippen molar-refractivity contribution in [1.29, 1.82) is 0 Å². The third-order valence-electron chi connectivity index (χ3n) is 4.38. The molecule has 4 nitrogen and oxygen atoms in total. The van der Waals surface area contributed by atoms with Gasteiger partial charge in [0.25, 0.3) is 0 Å². The van der Waals surface area contributed by atoms with Crippen LogP contribution in [0.15, 0.2) is 64.4 Å². The van der Waals surface area contributed by atoms with Gasteiger partial charge in [-0.25, -0.2) is 8.42 Å². The second-order valence-corrected chi connectivity index (χ2v) is 49.3. The Morgan fingerprint density at radius 1 is 0.622 bits per heavy atom. The molecule has 0 saturated carbocycles. The summed E-state index contributed by atoms with van der Waals surface area (Å²) in [6.07, 6.45) is 0. The second kappa shape index (κ2) is 14.0. The van der Waals surface area contributed by atoms with E-state index in [9.17, 15) is 16.8 Å². The standard InChI is InChI=1S/C14H24GeO2S.C11H16O2S.C3H9BrGe/c1-14(2,3)11-18(16,17)13-10-8-7-9-12(13)15(4,5)6;1-11(2,3)9-14(12,13)10-7-5-4-6-8-10;1-5(2,3)4/h7-10H,11H2,1-6H3;4-8H,9H2,1-3H3;1-3H3. The minimum atomic E-state index is -3.18. The zero-order chi connectivity index (χ0) is 29.5. The zero-order valence-electron chi connectivity index (χ0n) is 24.9. The second-order valence-electron chi connectivity index (χ2n) is 13.8. The van der Waals surface area contributed by atoms with Crippen molar-refractivity contribution in [3.8, 4) is 0 Å². The van der Waals surface area contributed by atoms with E-state index >= 15 is 0 Å². The first-order valence-electron chi connectivity index (χ1n) is 12.5. The van der Waals surface area contributed by atoms with Crippen LogP contribution in [-0.4, -0.2) is 53.0 Å². The molecule has 0 aliphatic carbocycles. The van der Waals surface area contributed by atoms with Gasteiger partial charge in [0.2, 0.25) is 0 Å².